The van der Waals surface area contributed by atoms with E-state index in [1.54, 1.807) is 24.0 Å². The van der Waals surface area contributed by atoms with Crippen molar-refractivity contribution in [3.8, 4) is 0 Å². The molecule has 5 nitrogen and oxygen atoms in total. The number of nitrogens with one attached hydrogen (secondary N) is 2. The number of hydrogen-bond acceptors (Lipinski definition) is 3. The van der Waals surface area contributed by atoms with Gasteiger partial charge in [0.2, 0.25) is 0 Å². The van der Waals surface area contributed by atoms with Crippen LogP contribution in [0.4, 0.5) is 0 Å². The molecule has 0 radical (unpaired) electrons. The van der Waals surface area contributed by atoms with Crippen molar-refractivity contribution in [2.75, 3.05) is 26.7 Å². The van der Waals surface area contributed by atoms with Crippen LogP contribution in [0.5, 0.6) is 0 Å². The fraction of sp³-hybridized carbons (Fsp3) is 0.571. The fourth-order valence-electron chi connectivity index (χ4n) is 2.62. The van der Waals surface area contributed by atoms with Gasteiger partial charge in [-0.1, -0.05) is 0 Å². The van der Waals surface area contributed by atoms with Crippen LogP contribution in [0.3, 0.4) is 0 Å². The molecular weight excluding hydrogens is 242 g/mol. The molecule has 1 atom stereocenters. The number of piperidine rings is 1. The molecule has 0 bridgehead atoms. The van der Waals surface area contributed by atoms with E-state index in [-0.39, 0.29) is 17.0 Å². The van der Waals surface area contributed by atoms with E-state index in [1.165, 1.54) is 0 Å². The molecule has 0 spiro atoms. The molecular formula is C14H21N3O2. The molecule has 5 heteroatoms. The minimum atomic E-state index is -0.291. The number of carbonyl (C=O) groups excluding carboxylic acids is 1. The van der Waals surface area contributed by atoms with Crippen molar-refractivity contribution in [1.82, 2.24) is 15.2 Å². The maximum absolute atomic E-state index is 12.4. The first kappa shape index (κ1) is 13.8. The van der Waals surface area contributed by atoms with Gasteiger partial charge in [0, 0.05) is 18.8 Å². The lowest BCUT2D eigenvalue weighted by Gasteiger charge is -2.32. The number of rotatable bonds is 3. The van der Waals surface area contributed by atoms with Crippen molar-refractivity contribution in [2.24, 2.45) is 5.92 Å². The largest absolute Gasteiger partial charge is 0.338 e. The Balaban J connectivity index is 2.12. The Hall–Kier alpha value is -1.62. The van der Waals surface area contributed by atoms with Crippen molar-refractivity contribution < 1.29 is 4.79 Å². The number of carbonyl (C=O) groups is 1. The Morgan fingerprint density at radius 1 is 1.53 bits per heavy atom. The van der Waals surface area contributed by atoms with Crippen molar-refractivity contribution in [2.45, 2.75) is 19.8 Å². The summed E-state index contributed by atoms with van der Waals surface area (Å²) in [6.45, 7) is 4.19. The zero-order valence-electron chi connectivity index (χ0n) is 11.5. The normalized spacial score (nSPS) is 19.5. The molecule has 1 aromatic heterocycles. The van der Waals surface area contributed by atoms with Crippen molar-refractivity contribution in [3.05, 3.63) is 33.7 Å². The van der Waals surface area contributed by atoms with Gasteiger partial charge in [0.25, 0.3) is 11.5 Å². The van der Waals surface area contributed by atoms with Gasteiger partial charge in [-0.2, -0.15) is 0 Å². The number of amides is 1. The number of aromatic nitrogens is 1. The van der Waals surface area contributed by atoms with Crippen LogP contribution in [0.1, 0.15) is 28.9 Å². The molecule has 0 aliphatic carbocycles. The van der Waals surface area contributed by atoms with Crippen LogP contribution in [0.15, 0.2) is 16.9 Å². The summed E-state index contributed by atoms with van der Waals surface area (Å²) < 4.78 is 0. The van der Waals surface area contributed by atoms with Crippen LogP contribution in [0.2, 0.25) is 0 Å². The lowest BCUT2D eigenvalue weighted by atomic mass is 9.97. The lowest BCUT2D eigenvalue weighted by Crippen LogP contribution is -2.44. The quantitative estimate of drug-likeness (QED) is 0.846. The summed E-state index contributed by atoms with van der Waals surface area (Å²) in [6.07, 6.45) is 2.14. The smallest absolute Gasteiger partial charge is 0.260 e. The molecule has 1 amide bonds. The van der Waals surface area contributed by atoms with Crippen molar-refractivity contribution in [3.63, 3.8) is 0 Å². The maximum atomic E-state index is 12.4. The van der Waals surface area contributed by atoms with E-state index < -0.39 is 0 Å². The van der Waals surface area contributed by atoms with E-state index in [0.717, 1.165) is 38.2 Å². The zero-order chi connectivity index (χ0) is 13.8. The molecule has 1 aliphatic heterocycles. The second-order valence-electron chi connectivity index (χ2n) is 5.20. The molecule has 0 saturated carbocycles. The second kappa shape index (κ2) is 6.02. The van der Waals surface area contributed by atoms with Gasteiger partial charge >= 0.3 is 0 Å². The average molecular weight is 263 g/mol. The highest BCUT2D eigenvalue weighted by atomic mass is 16.2. The third kappa shape index (κ3) is 3.23. The number of likely N-dealkylation sites (tertiary alicyclic amines) is 1. The van der Waals surface area contributed by atoms with Crippen LogP contribution in [0.25, 0.3) is 0 Å². The van der Waals surface area contributed by atoms with Gasteiger partial charge in [-0.05, 0) is 51.4 Å². The minimum absolute atomic E-state index is 0.151. The van der Waals surface area contributed by atoms with Crippen LogP contribution in [-0.2, 0) is 0 Å². The number of nitrogens with zero attached hydrogens (tertiary/aromatic N) is 1. The molecule has 2 heterocycles. The average Bonchev–Trinajstić information content (AvgIpc) is 2.39. The highest BCUT2D eigenvalue weighted by molar-refractivity contribution is 5.93. The van der Waals surface area contributed by atoms with Crippen LogP contribution in [0, 0.1) is 12.8 Å². The molecule has 2 N–H and O–H groups in total. The molecule has 1 aromatic rings. The summed E-state index contributed by atoms with van der Waals surface area (Å²) in [7, 11) is 1.92. The van der Waals surface area contributed by atoms with E-state index in [9.17, 15) is 9.59 Å². The Labute approximate surface area is 113 Å². The summed E-state index contributed by atoms with van der Waals surface area (Å²) in [5.74, 6) is 0.328. The lowest BCUT2D eigenvalue weighted by molar-refractivity contribution is 0.0672. The molecule has 1 aliphatic rings. The van der Waals surface area contributed by atoms with Crippen molar-refractivity contribution >= 4 is 5.91 Å². The van der Waals surface area contributed by atoms with Gasteiger partial charge in [-0.25, -0.2) is 0 Å². The Morgan fingerprint density at radius 3 is 3.00 bits per heavy atom. The zero-order valence-corrected chi connectivity index (χ0v) is 11.5. The maximum Gasteiger partial charge on any atom is 0.260 e. The van der Waals surface area contributed by atoms with Crippen LogP contribution in [-0.4, -0.2) is 42.5 Å². The third-order valence-corrected chi connectivity index (χ3v) is 3.58. The molecule has 2 rings (SSSR count). The first-order valence-corrected chi connectivity index (χ1v) is 6.75. The highest BCUT2D eigenvalue weighted by Crippen LogP contribution is 2.17. The number of hydrogen-bond donors (Lipinski definition) is 2. The van der Waals surface area contributed by atoms with Gasteiger partial charge in [0.15, 0.2) is 0 Å². The first-order chi connectivity index (χ1) is 9.11. The Morgan fingerprint density at radius 2 is 2.32 bits per heavy atom. The van der Waals surface area contributed by atoms with E-state index in [4.69, 9.17) is 0 Å². The van der Waals surface area contributed by atoms with Crippen molar-refractivity contribution in [1.29, 1.82) is 0 Å². The van der Waals surface area contributed by atoms with Crippen LogP contribution < -0.4 is 10.9 Å². The molecule has 0 aromatic carbocycles. The Bertz CT molecular complexity index is 508. The van der Waals surface area contributed by atoms with Gasteiger partial charge in [0.1, 0.15) is 5.56 Å². The predicted octanol–water partition coefficient (Wildman–Crippen LogP) is 0.755. The predicted molar refractivity (Wildman–Crippen MR) is 74.4 cm³/mol. The van der Waals surface area contributed by atoms with Gasteiger partial charge in [0.05, 0.1) is 0 Å². The van der Waals surface area contributed by atoms with Crippen LogP contribution >= 0.6 is 0 Å². The molecule has 1 fully saturated rings. The number of aromatic amines is 1. The number of pyridine rings is 1. The first-order valence-electron chi connectivity index (χ1n) is 6.75. The van der Waals surface area contributed by atoms with E-state index >= 15 is 0 Å². The second-order valence-corrected chi connectivity index (χ2v) is 5.20. The third-order valence-electron chi connectivity index (χ3n) is 3.58. The molecule has 1 unspecified atom stereocenters. The summed E-state index contributed by atoms with van der Waals surface area (Å²) in [5, 5.41) is 3.15. The molecule has 1 saturated heterocycles. The summed E-state index contributed by atoms with van der Waals surface area (Å²) >= 11 is 0. The summed E-state index contributed by atoms with van der Waals surface area (Å²) in [4.78, 5) is 28.7. The molecule has 104 valence electrons. The number of aryl methyl sites for hydroxylation is 1. The minimum Gasteiger partial charge on any atom is -0.338 e. The van der Waals surface area contributed by atoms with Gasteiger partial charge in [-0.3, -0.25) is 9.59 Å². The Kier molecular flexibility index (Phi) is 4.37. The number of H-pyrrole nitrogens is 1. The van der Waals surface area contributed by atoms with E-state index in [1.807, 2.05) is 7.05 Å². The summed E-state index contributed by atoms with van der Waals surface area (Å²) in [5.41, 5.74) is 0.727. The van der Waals surface area contributed by atoms with Gasteiger partial charge in [-0.15, -0.1) is 0 Å². The monoisotopic (exact) mass is 263 g/mol. The fourth-order valence-corrected chi connectivity index (χ4v) is 2.62. The molecule has 19 heavy (non-hydrogen) atoms. The topological polar surface area (TPSA) is 65.2 Å². The van der Waals surface area contributed by atoms with Gasteiger partial charge < -0.3 is 15.2 Å². The van der Waals surface area contributed by atoms with E-state index in [2.05, 4.69) is 10.3 Å². The standard InChI is InChI=1S/C14H21N3O2/c1-10-5-6-12(13(18)16-10)14(19)17-7-3-4-11(9-17)8-15-2/h5-6,11,15H,3-4,7-9H2,1-2H3,(H,16,18). The SMILES string of the molecule is CNCC1CCCN(C(=O)c2ccc(C)[nH]c2=O)C1. The summed E-state index contributed by atoms with van der Waals surface area (Å²) in [6, 6.07) is 3.39. The van der Waals surface area contributed by atoms with E-state index in [0.29, 0.717) is 5.92 Å². The highest BCUT2D eigenvalue weighted by Gasteiger charge is 2.25.